The zero-order valence-electron chi connectivity index (χ0n) is 8.99. The van der Waals surface area contributed by atoms with Crippen molar-refractivity contribution < 1.29 is 0 Å². The van der Waals surface area contributed by atoms with Gasteiger partial charge in [0.15, 0.2) is 0 Å². The van der Waals surface area contributed by atoms with E-state index >= 15 is 0 Å². The van der Waals surface area contributed by atoms with Gasteiger partial charge in [-0.1, -0.05) is 46.3 Å². The van der Waals surface area contributed by atoms with Crippen LogP contribution in [-0.4, -0.2) is 0 Å². The maximum Gasteiger partial charge on any atom is 0.0329 e. The van der Waals surface area contributed by atoms with Crippen LogP contribution < -0.4 is 5.73 Å². The van der Waals surface area contributed by atoms with Crippen molar-refractivity contribution in [1.29, 1.82) is 0 Å². The number of fused-ring (bicyclic) bond motifs is 1. The molecule has 1 fully saturated rings. The Morgan fingerprint density at radius 1 is 1.06 bits per heavy atom. The molecule has 1 unspecified atom stereocenters. The van der Waals surface area contributed by atoms with Crippen molar-refractivity contribution in [1.82, 2.24) is 0 Å². The van der Waals surface area contributed by atoms with Crippen molar-refractivity contribution in [3.05, 3.63) is 46.4 Å². The van der Waals surface area contributed by atoms with Gasteiger partial charge in [0.05, 0.1) is 0 Å². The van der Waals surface area contributed by atoms with Crippen LogP contribution in [0.3, 0.4) is 0 Å². The molecule has 1 nitrogen and oxygen atoms in total. The van der Waals surface area contributed by atoms with Crippen LogP contribution in [0.2, 0.25) is 0 Å². The molecule has 1 aliphatic rings. The summed E-state index contributed by atoms with van der Waals surface area (Å²) in [5.74, 6) is 0.699. The van der Waals surface area contributed by atoms with Gasteiger partial charge < -0.3 is 5.73 Å². The minimum Gasteiger partial charge on any atom is -0.324 e. The lowest BCUT2D eigenvalue weighted by Crippen LogP contribution is -2.12. The van der Waals surface area contributed by atoms with E-state index in [1.54, 1.807) is 0 Å². The molecule has 0 amide bonds. The molecule has 1 saturated carbocycles. The predicted octanol–water partition coefficient (Wildman–Crippen LogP) is 4.01. The SMILES string of the molecule is NC(c1ccc(Br)c2ccccc12)C1CC1. The van der Waals surface area contributed by atoms with E-state index in [9.17, 15) is 0 Å². The summed E-state index contributed by atoms with van der Waals surface area (Å²) in [5.41, 5.74) is 7.59. The fraction of sp³-hybridized carbons (Fsp3) is 0.286. The van der Waals surface area contributed by atoms with Gasteiger partial charge in [0, 0.05) is 10.5 Å². The Morgan fingerprint density at radius 3 is 2.44 bits per heavy atom. The van der Waals surface area contributed by atoms with Crippen molar-refractivity contribution in [3.63, 3.8) is 0 Å². The van der Waals surface area contributed by atoms with Gasteiger partial charge in [-0.05, 0) is 41.2 Å². The van der Waals surface area contributed by atoms with E-state index in [0.29, 0.717) is 5.92 Å². The monoisotopic (exact) mass is 275 g/mol. The van der Waals surface area contributed by atoms with E-state index in [4.69, 9.17) is 5.73 Å². The number of hydrogen-bond acceptors (Lipinski definition) is 1. The Kier molecular flexibility index (Phi) is 2.49. The molecule has 0 aliphatic heterocycles. The molecule has 0 heterocycles. The van der Waals surface area contributed by atoms with E-state index in [0.717, 1.165) is 4.47 Å². The minimum atomic E-state index is 0.206. The smallest absolute Gasteiger partial charge is 0.0329 e. The number of hydrogen-bond donors (Lipinski definition) is 1. The molecule has 1 atom stereocenters. The Balaban J connectivity index is 2.20. The van der Waals surface area contributed by atoms with Gasteiger partial charge in [-0.15, -0.1) is 0 Å². The maximum atomic E-state index is 6.30. The third kappa shape index (κ3) is 1.66. The summed E-state index contributed by atoms with van der Waals surface area (Å²) in [6.07, 6.45) is 2.57. The van der Waals surface area contributed by atoms with E-state index in [-0.39, 0.29) is 6.04 Å². The average molecular weight is 276 g/mol. The molecule has 0 bridgehead atoms. The van der Waals surface area contributed by atoms with Gasteiger partial charge in [-0.25, -0.2) is 0 Å². The summed E-state index contributed by atoms with van der Waals surface area (Å²) in [5, 5.41) is 2.55. The van der Waals surface area contributed by atoms with Crippen LogP contribution in [-0.2, 0) is 0 Å². The van der Waals surface area contributed by atoms with Gasteiger partial charge >= 0.3 is 0 Å². The standard InChI is InChI=1S/C14H14BrN/c15-13-8-7-12(14(16)9-5-6-9)10-3-1-2-4-11(10)13/h1-4,7-9,14H,5-6,16H2. The van der Waals surface area contributed by atoms with Crippen molar-refractivity contribution in [3.8, 4) is 0 Å². The Morgan fingerprint density at radius 2 is 1.75 bits per heavy atom. The molecule has 0 radical (unpaired) electrons. The largest absolute Gasteiger partial charge is 0.324 e. The van der Waals surface area contributed by atoms with E-state index in [1.807, 2.05) is 0 Å². The van der Waals surface area contributed by atoms with Crippen LogP contribution in [0.5, 0.6) is 0 Å². The molecule has 1 aliphatic carbocycles. The summed E-state index contributed by atoms with van der Waals surface area (Å²) in [7, 11) is 0. The molecule has 16 heavy (non-hydrogen) atoms. The van der Waals surface area contributed by atoms with E-state index < -0.39 is 0 Å². The van der Waals surface area contributed by atoms with Crippen LogP contribution in [0.4, 0.5) is 0 Å². The van der Waals surface area contributed by atoms with Gasteiger partial charge in [-0.2, -0.15) is 0 Å². The molecule has 0 saturated heterocycles. The summed E-state index contributed by atoms with van der Waals surface area (Å²) in [6.45, 7) is 0. The second-order valence-corrected chi connectivity index (χ2v) is 5.40. The van der Waals surface area contributed by atoms with E-state index in [2.05, 4.69) is 52.3 Å². The normalized spacial score (nSPS) is 17.6. The lowest BCUT2D eigenvalue weighted by molar-refractivity contribution is 0.638. The van der Waals surface area contributed by atoms with Crippen molar-refractivity contribution in [2.24, 2.45) is 11.7 Å². The number of benzene rings is 2. The van der Waals surface area contributed by atoms with Crippen molar-refractivity contribution >= 4 is 26.7 Å². The molecule has 0 aromatic heterocycles. The fourth-order valence-corrected chi connectivity index (χ4v) is 2.76. The molecule has 2 N–H and O–H groups in total. The van der Waals surface area contributed by atoms with Crippen molar-refractivity contribution in [2.45, 2.75) is 18.9 Å². The molecular formula is C14H14BrN. The number of rotatable bonds is 2. The lowest BCUT2D eigenvalue weighted by Gasteiger charge is -2.14. The predicted molar refractivity (Wildman–Crippen MR) is 71.3 cm³/mol. The van der Waals surface area contributed by atoms with Crippen molar-refractivity contribution in [2.75, 3.05) is 0 Å². The third-order valence-electron chi connectivity index (χ3n) is 3.39. The van der Waals surface area contributed by atoms with Gasteiger partial charge in [-0.3, -0.25) is 0 Å². The highest BCUT2D eigenvalue weighted by molar-refractivity contribution is 9.10. The highest BCUT2D eigenvalue weighted by Gasteiger charge is 2.30. The second-order valence-electron chi connectivity index (χ2n) is 4.55. The van der Waals surface area contributed by atoms with E-state index in [1.165, 1.54) is 29.2 Å². The summed E-state index contributed by atoms with van der Waals surface area (Å²) in [6, 6.07) is 12.9. The first kappa shape index (κ1) is 10.3. The van der Waals surface area contributed by atoms with Crippen LogP contribution in [0.1, 0.15) is 24.4 Å². The lowest BCUT2D eigenvalue weighted by atomic mass is 9.96. The highest BCUT2D eigenvalue weighted by Crippen LogP contribution is 2.42. The Bertz CT molecular complexity index is 531. The first-order valence-corrected chi connectivity index (χ1v) is 6.49. The molecule has 3 rings (SSSR count). The van der Waals surface area contributed by atoms with Crippen LogP contribution >= 0.6 is 15.9 Å². The van der Waals surface area contributed by atoms with Crippen LogP contribution in [0.25, 0.3) is 10.8 Å². The number of nitrogens with two attached hydrogens (primary N) is 1. The first-order valence-electron chi connectivity index (χ1n) is 5.70. The average Bonchev–Trinajstić information content (AvgIpc) is 3.13. The Hall–Kier alpha value is -0.860. The molecule has 2 aromatic rings. The van der Waals surface area contributed by atoms with Crippen LogP contribution in [0, 0.1) is 5.92 Å². The maximum absolute atomic E-state index is 6.30. The second kappa shape index (κ2) is 3.86. The molecule has 0 spiro atoms. The zero-order chi connectivity index (χ0) is 11.1. The topological polar surface area (TPSA) is 26.0 Å². The molecule has 2 heteroatoms. The minimum absolute atomic E-state index is 0.206. The summed E-state index contributed by atoms with van der Waals surface area (Å²) < 4.78 is 1.15. The molecule has 82 valence electrons. The highest BCUT2D eigenvalue weighted by atomic mass is 79.9. The number of halogens is 1. The van der Waals surface area contributed by atoms with Gasteiger partial charge in [0.25, 0.3) is 0 Å². The summed E-state index contributed by atoms with van der Waals surface area (Å²) in [4.78, 5) is 0. The third-order valence-corrected chi connectivity index (χ3v) is 4.09. The Labute approximate surface area is 104 Å². The van der Waals surface area contributed by atoms with Gasteiger partial charge in [0.2, 0.25) is 0 Å². The van der Waals surface area contributed by atoms with Crippen LogP contribution in [0.15, 0.2) is 40.9 Å². The molecular weight excluding hydrogens is 262 g/mol. The zero-order valence-corrected chi connectivity index (χ0v) is 10.6. The fourth-order valence-electron chi connectivity index (χ4n) is 2.29. The quantitative estimate of drug-likeness (QED) is 0.881. The molecule has 2 aromatic carbocycles. The first-order chi connectivity index (χ1) is 7.77. The van der Waals surface area contributed by atoms with Gasteiger partial charge in [0.1, 0.15) is 0 Å². The summed E-state index contributed by atoms with van der Waals surface area (Å²) >= 11 is 3.59.